The van der Waals surface area contributed by atoms with Gasteiger partial charge in [0.1, 0.15) is 0 Å². The molecule has 0 amide bonds. The molecule has 1 rings (SSSR count). The Hall–Kier alpha value is -0.860. The Morgan fingerprint density at radius 2 is 2.00 bits per heavy atom. The van der Waals surface area contributed by atoms with E-state index in [0.29, 0.717) is 5.92 Å². The van der Waals surface area contributed by atoms with Gasteiger partial charge in [0.25, 0.3) is 0 Å². The van der Waals surface area contributed by atoms with Gasteiger partial charge in [-0.05, 0) is 42.9 Å². The Bertz CT molecular complexity index is 351. The van der Waals surface area contributed by atoms with E-state index in [1.165, 1.54) is 24.0 Å². The number of benzene rings is 1. The fourth-order valence-electron chi connectivity index (χ4n) is 2.39. The van der Waals surface area contributed by atoms with Gasteiger partial charge < -0.3 is 10.1 Å². The lowest BCUT2D eigenvalue weighted by atomic mass is 9.85. The average Bonchev–Trinajstić information content (AvgIpc) is 2.43. The summed E-state index contributed by atoms with van der Waals surface area (Å²) in [6, 6.07) is 8.74. The predicted octanol–water partition coefficient (Wildman–Crippen LogP) is 3.44. The van der Waals surface area contributed by atoms with Crippen LogP contribution in [-0.2, 0) is 11.2 Å². The van der Waals surface area contributed by atoms with Crippen LogP contribution in [0.4, 0.5) is 0 Å². The van der Waals surface area contributed by atoms with E-state index >= 15 is 0 Å². The molecular formula is C17H29NO. The van der Waals surface area contributed by atoms with Gasteiger partial charge in [-0.1, -0.05) is 44.5 Å². The molecule has 2 unspecified atom stereocenters. The highest BCUT2D eigenvalue weighted by atomic mass is 16.5. The average molecular weight is 263 g/mol. The molecule has 2 nitrogen and oxygen atoms in total. The van der Waals surface area contributed by atoms with Crippen molar-refractivity contribution in [1.82, 2.24) is 5.32 Å². The number of methoxy groups -OCH3 is 1. The SMILES string of the molecule is CCC(C)C(CNCCOC)Cc1ccccc1C. The van der Waals surface area contributed by atoms with Crippen LogP contribution in [0.5, 0.6) is 0 Å². The summed E-state index contributed by atoms with van der Waals surface area (Å²) in [5, 5.41) is 3.52. The summed E-state index contributed by atoms with van der Waals surface area (Å²) in [6.07, 6.45) is 2.41. The van der Waals surface area contributed by atoms with Crippen molar-refractivity contribution in [2.45, 2.75) is 33.6 Å². The van der Waals surface area contributed by atoms with E-state index in [-0.39, 0.29) is 0 Å². The van der Waals surface area contributed by atoms with Crippen LogP contribution >= 0.6 is 0 Å². The molecule has 0 aromatic heterocycles. The maximum Gasteiger partial charge on any atom is 0.0587 e. The molecule has 0 fully saturated rings. The summed E-state index contributed by atoms with van der Waals surface area (Å²) in [7, 11) is 1.75. The molecule has 0 heterocycles. The Morgan fingerprint density at radius 1 is 1.26 bits per heavy atom. The highest BCUT2D eigenvalue weighted by Gasteiger charge is 2.16. The first-order valence-electron chi connectivity index (χ1n) is 7.43. The van der Waals surface area contributed by atoms with Gasteiger partial charge >= 0.3 is 0 Å². The van der Waals surface area contributed by atoms with Crippen molar-refractivity contribution in [3.8, 4) is 0 Å². The number of nitrogens with one attached hydrogen (secondary N) is 1. The highest BCUT2D eigenvalue weighted by Crippen LogP contribution is 2.21. The minimum atomic E-state index is 0.697. The molecule has 0 aliphatic carbocycles. The maximum atomic E-state index is 5.09. The van der Waals surface area contributed by atoms with Gasteiger partial charge in [0, 0.05) is 13.7 Å². The first kappa shape index (κ1) is 16.2. The molecule has 0 aliphatic heterocycles. The Labute approximate surface area is 118 Å². The lowest BCUT2D eigenvalue weighted by Gasteiger charge is -2.24. The van der Waals surface area contributed by atoms with Crippen LogP contribution in [0.1, 0.15) is 31.4 Å². The molecule has 1 N–H and O–H groups in total. The van der Waals surface area contributed by atoms with Crippen molar-refractivity contribution in [2.75, 3.05) is 26.8 Å². The smallest absolute Gasteiger partial charge is 0.0587 e. The summed E-state index contributed by atoms with van der Waals surface area (Å²) in [5.74, 6) is 1.44. The summed E-state index contributed by atoms with van der Waals surface area (Å²) < 4.78 is 5.09. The summed E-state index contributed by atoms with van der Waals surface area (Å²) in [5.41, 5.74) is 2.90. The molecule has 2 atom stereocenters. The van der Waals surface area contributed by atoms with Crippen LogP contribution in [0, 0.1) is 18.8 Å². The van der Waals surface area contributed by atoms with Gasteiger partial charge in [-0.3, -0.25) is 0 Å². The first-order chi connectivity index (χ1) is 9.19. The van der Waals surface area contributed by atoms with E-state index in [1.54, 1.807) is 7.11 Å². The molecule has 1 aromatic rings. The van der Waals surface area contributed by atoms with E-state index in [9.17, 15) is 0 Å². The van der Waals surface area contributed by atoms with Crippen molar-refractivity contribution in [3.05, 3.63) is 35.4 Å². The van der Waals surface area contributed by atoms with Gasteiger partial charge in [-0.25, -0.2) is 0 Å². The zero-order valence-electron chi connectivity index (χ0n) is 12.9. The second-order valence-corrected chi connectivity index (χ2v) is 5.47. The lowest BCUT2D eigenvalue weighted by Crippen LogP contribution is -2.30. The van der Waals surface area contributed by atoms with Crippen LogP contribution in [0.3, 0.4) is 0 Å². The third kappa shape index (κ3) is 5.75. The van der Waals surface area contributed by atoms with Gasteiger partial charge in [0.2, 0.25) is 0 Å². The van der Waals surface area contributed by atoms with E-state index in [1.807, 2.05) is 0 Å². The van der Waals surface area contributed by atoms with Crippen LogP contribution < -0.4 is 5.32 Å². The molecule has 0 radical (unpaired) electrons. The van der Waals surface area contributed by atoms with E-state index in [2.05, 4.69) is 50.4 Å². The van der Waals surface area contributed by atoms with Crippen LogP contribution in [-0.4, -0.2) is 26.8 Å². The Balaban J connectivity index is 2.56. The van der Waals surface area contributed by atoms with Gasteiger partial charge in [0.15, 0.2) is 0 Å². The lowest BCUT2D eigenvalue weighted by molar-refractivity contribution is 0.195. The minimum Gasteiger partial charge on any atom is -0.383 e. The van der Waals surface area contributed by atoms with Gasteiger partial charge in [0.05, 0.1) is 6.61 Å². The zero-order valence-corrected chi connectivity index (χ0v) is 12.9. The summed E-state index contributed by atoms with van der Waals surface area (Å²) >= 11 is 0. The van der Waals surface area contributed by atoms with Crippen molar-refractivity contribution in [1.29, 1.82) is 0 Å². The predicted molar refractivity (Wildman–Crippen MR) is 82.6 cm³/mol. The summed E-state index contributed by atoms with van der Waals surface area (Å²) in [6.45, 7) is 9.66. The van der Waals surface area contributed by atoms with E-state index < -0.39 is 0 Å². The fraction of sp³-hybridized carbons (Fsp3) is 0.647. The molecule has 0 saturated carbocycles. The third-order valence-corrected chi connectivity index (χ3v) is 4.08. The quantitative estimate of drug-likeness (QED) is 0.689. The van der Waals surface area contributed by atoms with Crippen molar-refractivity contribution >= 4 is 0 Å². The molecule has 1 aromatic carbocycles. The third-order valence-electron chi connectivity index (χ3n) is 4.08. The highest BCUT2D eigenvalue weighted by molar-refractivity contribution is 5.26. The number of rotatable bonds is 9. The zero-order chi connectivity index (χ0) is 14.1. The molecule has 108 valence electrons. The Kier molecular flexibility index (Phi) is 7.76. The number of hydrogen-bond acceptors (Lipinski definition) is 2. The van der Waals surface area contributed by atoms with E-state index in [4.69, 9.17) is 4.74 Å². The van der Waals surface area contributed by atoms with Gasteiger partial charge in [-0.2, -0.15) is 0 Å². The number of hydrogen-bond donors (Lipinski definition) is 1. The minimum absolute atomic E-state index is 0.697. The number of aryl methyl sites for hydroxylation is 1. The normalized spacial score (nSPS) is 14.3. The van der Waals surface area contributed by atoms with Crippen LogP contribution in [0.15, 0.2) is 24.3 Å². The second-order valence-electron chi connectivity index (χ2n) is 5.47. The standard InChI is InChI=1S/C17H29NO/c1-5-14(2)17(13-18-10-11-19-4)12-16-9-7-6-8-15(16)3/h6-9,14,17-18H,5,10-13H2,1-4H3. The summed E-state index contributed by atoms with van der Waals surface area (Å²) in [4.78, 5) is 0. The van der Waals surface area contributed by atoms with Crippen molar-refractivity contribution in [3.63, 3.8) is 0 Å². The Morgan fingerprint density at radius 3 is 2.63 bits per heavy atom. The van der Waals surface area contributed by atoms with Crippen LogP contribution in [0.2, 0.25) is 0 Å². The number of ether oxygens (including phenoxy) is 1. The monoisotopic (exact) mass is 263 g/mol. The molecule has 0 bridgehead atoms. The molecule has 2 heteroatoms. The van der Waals surface area contributed by atoms with Crippen LogP contribution in [0.25, 0.3) is 0 Å². The topological polar surface area (TPSA) is 21.3 Å². The molecular weight excluding hydrogens is 234 g/mol. The van der Waals surface area contributed by atoms with Gasteiger partial charge in [-0.15, -0.1) is 0 Å². The van der Waals surface area contributed by atoms with Crippen molar-refractivity contribution < 1.29 is 4.74 Å². The molecule has 0 saturated heterocycles. The molecule has 19 heavy (non-hydrogen) atoms. The maximum absolute atomic E-state index is 5.09. The fourth-order valence-corrected chi connectivity index (χ4v) is 2.39. The largest absolute Gasteiger partial charge is 0.383 e. The molecule has 0 aliphatic rings. The van der Waals surface area contributed by atoms with Crippen molar-refractivity contribution in [2.24, 2.45) is 11.8 Å². The molecule has 0 spiro atoms. The first-order valence-corrected chi connectivity index (χ1v) is 7.43. The second kappa shape index (κ2) is 9.11. The van der Waals surface area contributed by atoms with E-state index in [0.717, 1.165) is 25.6 Å².